The largest absolute Gasteiger partial charge is 0.506 e. The van der Waals surface area contributed by atoms with E-state index in [2.05, 4.69) is 15.4 Å². The van der Waals surface area contributed by atoms with Gasteiger partial charge < -0.3 is 10.4 Å². The molecule has 170 valence electrons. The van der Waals surface area contributed by atoms with Crippen LogP contribution in [0.15, 0.2) is 72.9 Å². The molecule has 0 saturated heterocycles. The van der Waals surface area contributed by atoms with E-state index in [1.807, 2.05) is 18.2 Å². The molecule has 3 aromatic carbocycles. The zero-order valence-corrected chi connectivity index (χ0v) is 17.9. The van der Waals surface area contributed by atoms with Gasteiger partial charge >= 0.3 is 6.18 Å². The molecule has 10 heteroatoms. The van der Waals surface area contributed by atoms with Crippen molar-refractivity contribution in [1.29, 1.82) is 0 Å². The number of rotatable bonds is 3. The number of fused-ring (bicyclic) bond motifs is 2. The fourth-order valence-corrected chi connectivity index (χ4v) is 3.88. The van der Waals surface area contributed by atoms with E-state index in [0.717, 1.165) is 17.6 Å². The monoisotopic (exact) mass is 482 g/mol. The number of amides is 1. The smallest absolute Gasteiger partial charge is 0.433 e. The molecule has 5 aromatic rings. The summed E-state index contributed by atoms with van der Waals surface area (Å²) in [7, 11) is 0. The molecule has 0 radical (unpaired) electrons. The van der Waals surface area contributed by atoms with Gasteiger partial charge in [-0.05, 0) is 35.0 Å². The van der Waals surface area contributed by atoms with E-state index in [-0.39, 0.29) is 33.4 Å². The second-order valence-corrected chi connectivity index (χ2v) is 7.90. The van der Waals surface area contributed by atoms with Gasteiger partial charge in [-0.1, -0.05) is 54.1 Å². The van der Waals surface area contributed by atoms with Gasteiger partial charge in [0.1, 0.15) is 11.3 Å². The molecule has 0 fully saturated rings. The van der Waals surface area contributed by atoms with Gasteiger partial charge in [0, 0.05) is 10.6 Å². The lowest BCUT2D eigenvalue weighted by molar-refractivity contribution is -0.142. The third-order valence-electron chi connectivity index (χ3n) is 5.28. The van der Waals surface area contributed by atoms with Crippen LogP contribution < -0.4 is 5.32 Å². The molecule has 0 aliphatic carbocycles. The highest BCUT2D eigenvalue weighted by Gasteiger charge is 2.36. The Labute approximate surface area is 195 Å². The third-order valence-corrected chi connectivity index (χ3v) is 5.51. The molecular weight excluding hydrogens is 469 g/mol. The predicted molar refractivity (Wildman–Crippen MR) is 122 cm³/mol. The second kappa shape index (κ2) is 8.03. The van der Waals surface area contributed by atoms with Crippen LogP contribution in [-0.2, 0) is 6.18 Å². The van der Waals surface area contributed by atoms with Gasteiger partial charge in [-0.3, -0.25) is 4.79 Å². The summed E-state index contributed by atoms with van der Waals surface area (Å²) in [5, 5.41) is 18.0. The molecule has 0 aliphatic rings. The molecule has 5 rings (SSSR count). The van der Waals surface area contributed by atoms with Crippen LogP contribution in [0.25, 0.3) is 27.7 Å². The van der Waals surface area contributed by atoms with Crippen molar-refractivity contribution in [3.63, 3.8) is 0 Å². The van der Waals surface area contributed by atoms with E-state index in [0.29, 0.717) is 15.5 Å². The van der Waals surface area contributed by atoms with Crippen molar-refractivity contribution >= 4 is 39.6 Å². The number of carbonyl (C=O) groups is 1. The number of phenols is 1. The molecule has 0 unspecified atom stereocenters. The Morgan fingerprint density at radius 3 is 2.59 bits per heavy atom. The average molecular weight is 483 g/mol. The van der Waals surface area contributed by atoms with Crippen LogP contribution in [0.2, 0.25) is 5.02 Å². The lowest BCUT2D eigenvalue weighted by atomic mass is 10.0. The molecule has 0 atom stereocenters. The van der Waals surface area contributed by atoms with Gasteiger partial charge in [0.15, 0.2) is 11.3 Å². The van der Waals surface area contributed by atoms with Crippen molar-refractivity contribution in [1.82, 2.24) is 14.6 Å². The summed E-state index contributed by atoms with van der Waals surface area (Å²) in [6.45, 7) is 0. The number of nitrogens with one attached hydrogen (secondary N) is 1. The van der Waals surface area contributed by atoms with E-state index in [9.17, 15) is 23.1 Å². The summed E-state index contributed by atoms with van der Waals surface area (Å²) >= 11 is 5.91. The van der Waals surface area contributed by atoms with Crippen molar-refractivity contribution in [2.75, 3.05) is 5.32 Å². The number of benzene rings is 3. The van der Waals surface area contributed by atoms with Crippen LogP contribution in [0.1, 0.15) is 16.1 Å². The Bertz CT molecular complexity index is 1580. The summed E-state index contributed by atoms with van der Waals surface area (Å²) in [4.78, 5) is 17.3. The summed E-state index contributed by atoms with van der Waals surface area (Å²) in [5.74, 6) is -1.06. The summed E-state index contributed by atoms with van der Waals surface area (Å²) in [6.07, 6.45) is -3.76. The Kier molecular flexibility index (Phi) is 5.13. The minimum atomic E-state index is -4.76. The van der Waals surface area contributed by atoms with Gasteiger partial charge in [0.25, 0.3) is 5.91 Å². The van der Waals surface area contributed by atoms with Gasteiger partial charge in [-0.15, -0.1) is 0 Å². The molecule has 2 N–H and O–H groups in total. The van der Waals surface area contributed by atoms with Gasteiger partial charge in [-0.25, -0.2) is 9.50 Å². The third kappa shape index (κ3) is 3.80. The van der Waals surface area contributed by atoms with Crippen LogP contribution in [0, 0.1) is 0 Å². The standard InChI is InChI=1S/C24H14ClF3N4O2/c25-14-8-9-20(33)19(10-14)31-23(34)17-12-29-32-21(24(26,27)28)11-18(30-22(17)32)16-7-3-5-13-4-1-2-6-15(13)16/h1-12,33H,(H,31,34). The first-order valence-corrected chi connectivity index (χ1v) is 10.3. The first kappa shape index (κ1) is 21.7. The number of nitrogens with zero attached hydrogens (tertiary/aromatic N) is 3. The number of alkyl halides is 3. The van der Waals surface area contributed by atoms with E-state index in [1.54, 1.807) is 24.3 Å². The Balaban J connectivity index is 1.70. The van der Waals surface area contributed by atoms with E-state index < -0.39 is 17.8 Å². The van der Waals surface area contributed by atoms with Crippen molar-refractivity contribution in [2.45, 2.75) is 6.18 Å². The van der Waals surface area contributed by atoms with Crippen molar-refractivity contribution in [3.8, 4) is 17.0 Å². The fourth-order valence-electron chi connectivity index (χ4n) is 3.71. The summed E-state index contributed by atoms with van der Waals surface area (Å²) in [5.41, 5.74) is -1.05. The maximum absolute atomic E-state index is 13.9. The lowest BCUT2D eigenvalue weighted by Gasteiger charge is -2.13. The predicted octanol–water partition coefficient (Wildman–Crippen LogP) is 6.18. The molecule has 2 aromatic heterocycles. The van der Waals surface area contributed by atoms with Crippen molar-refractivity contribution < 1.29 is 23.1 Å². The quantitative estimate of drug-likeness (QED) is 0.301. The van der Waals surface area contributed by atoms with E-state index >= 15 is 0 Å². The number of anilines is 1. The molecule has 0 aliphatic heterocycles. The molecular formula is C24H14ClF3N4O2. The number of aromatic hydroxyl groups is 1. The van der Waals surface area contributed by atoms with Gasteiger partial charge in [0.2, 0.25) is 0 Å². The summed E-state index contributed by atoms with van der Waals surface area (Å²) < 4.78 is 42.4. The van der Waals surface area contributed by atoms with Gasteiger partial charge in [0.05, 0.1) is 17.6 Å². The minimum absolute atomic E-state index is 0.00176. The van der Waals surface area contributed by atoms with Crippen LogP contribution in [0.3, 0.4) is 0 Å². The van der Waals surface area contributed by atoms with Crippen LogP contribution in [0.5, 0.6) is 5.75 Å². The molecule has 0 bridgehead atoms. The van der Waals surface area contributed by atoms with E-state index in [4.69, 9.17) is 11.6 Å². The number of halogens is 4. The van der Waals surface area contributed by atoms with Crippen LogP contribution >= 0.6 is 11.6 Å². The highest BCUT2D eigenvalue weighted by molar-refractivity contribution is 6.31. The number of hydrogen-bond acceptors (Lipinski definition) is 4. The topological polar surface area (TPSA) is 79.5 Å². The SMILES string of the molecule is O=C(Nc1cc(Cl)ccc1O)c1cnn2c(C(F)(F)F)cc(-c3cccc4ccccc34)nc12. The first-order valence-electron chi connectivity index (χ1n) is 9.96. The van der Waals surface area contributed by atoms with Crippen LogP contribution in [-0.4, -0.2) is 25.6 Å². The highest BCUT2D eigenvalue weighted by Crippen LogP contribution is 2.35. The van der Waals surface area contributed by atoms with Crippen LogP contribution in [0.4, 0.5) is 18.9 Å². The Hall–Kier alpha value is -4.11. The zero-order valence-electron chi connectivity index (χ0n) is 17.1. The van der Waals surface area contributed by atoms with Crippen molar-refractivity contribution in [3.05, 3.63) is 89.2 Å². The van der Waals surface area contributed by atoms with E-state index in [1.165, 1.54) is 18.2 Å². The highest BCUT2D eigenvalue weighted by atomic mass is 35.5. The zero-order chi connectivity index (χ0) is 24.0. The maximum Gasteiger partial charge on any atom is 0.433 e. The maximum atomic E-state index is 13.9. The molecule has 6 nitrogen and oxygen atoms in total. The number of hydrogen-bond donors (Lipinski definition) is 2. The number of phenolic OH excluding ortho intramolecular Hbond substituents is 1. The Morgan fingerprint density at radius 1 is 1.03 bits per heavy atom. The van der Waals surface area contributed by atoms with Gasteiger partial charge in [-0.2, -0.15) is 18.3 Å². The first-order chi connectivity index (χ1) is 16.2. The number of aromatic nitrogens is 3. The molecule has 34 heavy (non-hydrogen) atoms. The Morgan fingerprint density at radius 2 is 1.79 bits per heavy atom. The fraction of sp³-hybridized carbons (Fsp3) is 0.0417. The normalized spacial score (nSPS) is 11.8. The summed E-state index contributed by atoms with van der Waals surface area (Å²) in [6, 6.07) is 17.4. The average Bonchev–Trinajstić information content (AvgIpc) is 3.24. The second-order valence-electron chi connectivity index (χ2n) is 7.46. The lowest BCUT2D eigenvalue weighted by Crippen LogP contribution is -2.16. The minimum Gasteiger partial charge on any atom is -0.506 e. The van der Waals surface area contributed by atoms with Crippen molar-refractivity contribution in [2.24, 2.45) is 0 Å². The molecule has 1 amide bonds. The molecule has 0 spiro atoms. The molecule has 2 heterocycles. The molecule has 0 saturated carbocycles. The number of carbonyl (C=O) groups excluding carboxylic acids is 1.